The second-order valence-electron chi connectivity index (χ2n) is 5.32. The summed E-state index contributed by atoms with van der Waals surface area (Å²) in [6, 6.07) is 0. The molecule has 1 aromatic heterocycles. The summed E-state index contributed by atoms with van der Waals surface area (Å²) in [6.07, 6.45) is 9.42. The summed E-state index contributed by atoms with van der Waals surface area (Å²) in [5, 5.41) is 13.4. The zero-order valence-electron chi connectivity index (χ0n) is 11.3. The Bertz CT molecular complexity index is 351. The fourth-order valence-electron chi connectivity index (χ4n) is 2.75. The van der Waals surface area contributed by atoms with Gasteiger partial charge in [0.05, 0.1) is 18.1 Å². The summed E-state index contributed by atoms with van der Waals surface area (Å²) in [6.45, 7) is 4.97. The van der Waals surface area contributed by atoms with Crippen molar-refractivity contribution < 1.29 is 5.11 Å². The van der Waals surface area contributed by atoms with Gasteiger partial charge in [-0.05, 0) is 25.2 Å². The Hall–Kier alpha value is -0.870. The summed E-state index contributed by atoms with van der Waals surface area (Å²) in [4.78, 5) is 4.19. The SMILES string of the molecule is CCCn1cncc1CNCC1CCCCC1O. The number of aryl methyl sites for hydroxylation is 1. The van der Waals surface area contributed by atoms with Crippen molar-refractivity contribution >= 4 is 0 Å². The average Bonchev–Trinajstić information content (AvgIpc) is 2.80. The Morgan fingerprint density at radius 3 is 3.06 bits per heavy atom. The van der Waals surface area contributed by atoms with Gasteiger partial charge in [0.25, 0.3) is 0 Å². The first-order valence-electron chi connectivity index (χ1n) is 7.19. The molecular weight excluding hydrogens is 226 g/mol. The highest BCUT2D eigenvalue weighted by atomic mass is 16.3. The third kappa shape index (κ3) is 3.56. The second kappa shape index (κ2) is 6.90. The number of rotatable bonds is 6. The number of imidazole rings is 1. The number of aromatic nitrogens is 2. The smallest absolute Gasteiger partial charge is 0.0948 e. The van der Waals surface area contributed by atoms with Gasteiger partial charge >= 0.3 is 0 Å². The molecule has 0 spiro atoms. The highest BCUT2D eigenvalue weighted by molar-refractivity contribution is 4.98. The number of aliphatic hydroxyl groups excluding tert-OH is 1. The van der Waals surface area contributed by atoms with E-state index in [1.54, 1.807) is 0 Å². The number of hydrogen-bond acceptors (Lipinski definition) is 3. The van der Waals surface area contributed by atoms with Crippen LogP contribution < -0.4 is 5.32 Å². The molecule has 0 radical (unpaired) electrons. The van der Waals surface area contributed by atoms with Crippen molar-refractivity contribution in [2.24, 2.45) is 5.92 Å². The fourth-order valence-corrected chi connectivity index (χ4v) is 2.75. The molecule has 2 N–H and O–H groups in total. The Labute approximate surface area is 109 Å². The lowest BCUT2D eigenvalue weighted by atomic mass is 9.86. The predicted molar refractivity (Wildman–Crippen MR) is 72.2 cm³/mol. The molecule has 4 heteroatoms. The molecule has 2 unspecified atom stereocenters. The zero-order chi connectivity index (χ0) is 12.8. The number of hydrogen-bond donors (Lipinski definition) is 2. The molecular formula is C14H25N3O. The van der Waals surface area contributed by atoms with Crippen LogP contribution in [0, 0.1) is 5.92 Å². The topological polar surface area (TPSA) is 50.1 Å². The summed E-state index contributed by atoms with van der Waals surface area (Å²) in [5.41, 5.74) is 1.24. The lowest BCUT2D eigenvalue weighted by Gasteiger charge is -2.27. The van der Waals surface area contributed by atoms with E-state index in [1.165, 1.54) is 18.5 Å². The first-order chi connectivity index (χ1) is 8.81. The molecule has 102 valence electrons. The van der Waals surface area contributed by atoms with Crippen molar-refractivity contribution in [3.05, 3.63) is 18.2 Å². The molecule has 2 atom stereocenters. The van der Waals surface area contributed by atoms with E-state index in [9.17, 15) is 5.11 Å². The summed E-state index contributed by atoms with van der Waals surface area (Å²) in [5.74, 6) is 0.432. The van der Waals surface area contributed by atoms with E-state index in [0.717, 1.165) is 38.9 Å². The quantitative estimate of drug-likeness (QED) is 0.812. The lowest BCUT2D eigenvalue weighted by molar-refractivity contribution is 0.0694. The van der Waals surface area contributed by atoms with Crippen molar-refractivity contribution in [2.45, 2.75) is 58.2 Å². The van der Waals surface area contributed by atoms with Gasteiger partial charge < -0.3 is 15.0 Å². The largest absolute Gasteiger partial charge is 0.393 e. The highest BCUT2D eigenvalue weighted by Gasteiger charge is 2.22. The monoisotopic (exact) mass is 251 g/mol. The molecule has 1 saturated carbocycles. The van der Waals surface area contributed by atoms with E-state index in [-0.39, 0.29) is 6.10 Å². The van der Waals surface area contributed by atoms with E-state index in [1.807, 2.05) is 12.5 Å². The number of nitrogens with one attached hydrogen (secondary N) is 1. The normalized spacial score (nSPS) is 24.3. The summed E-state index contributed by atoms with van der Waals surface area (Å²) in [7, 11) is 0. The minimum atomic E-state index is -0.105. The lowest BCUT2D eigenvalue weighted by Crippen LogP contribution is -2.33. The molecule has 4 nitrogen and oxygen atoms in total. The van der Waals surface area contributed by atoms with Crippen LogP contribution in [-0.2, 0) is 13.1 Å². The van der Waals surface area contributed by atoms with E-state index >= 15 is 0 Å². The van der Waals surface area contributed by atoms with E-state index in [4.69, 9.17) is 0 Å². The van der Waals surface area contributed by atoms with Crippen LogP contribution in [0.3, 0.4) is 0 Å². The van der Waals surface area contributed by atoms with Crippen LogP contribution in [-0.4, -0.2) is 27.3 Å². The van der Waals surface area contributed by atoms with E-state index < -0.39 is 0 Å². The third-order valence-electron chi connectivity index (χ3n) is 3.84. The highest BCUT2D eigenvalue weighted by Crippen LogP contribution is 2.23. The van der Waals surface area contributed by atoms with Gasteiger partial charge in [-0.15, -0.1) is 0 Å². The van der Waals surface area contributed by atoms with Gasteiger partial charge in [-0.2, -0.15) is 0 Å². The summed E-state index contributed by atoms with van der Waals surface area (Å²) < 4.78 is 2.20. The van der Waals surface area contributed by atoms with Crippen LogP contribution in [0.1, 0.15) is 44.7 Å². The molecule has 1 fully saturated rings. The van der Waals surface area contributed by atoms with Gasteiger partial charge in [-0.25, -0.2) is 4.98 Å². The maximum absolute atomic E-state index is 9.91. The molecule has 0 aliphatic heterocycles. The molecule has 0 amide bonds. The Morgan fingerprint density at radius 2 is 2.28 bits per heavy atom. The molecule has 1 heterocycles. The van der Waals surface area contributed by atoms with Crippen molar-refractivity contribution in [2.75, 3.05) is 6.54 Å². The molecule has 2 rings (SSSR count). The Morgan fingerprint density at radius 1 is 1.44 bits per heavy atom. The van der Waals surface area contributed by atoms with Gasteiger partial charge in [0.2, 0.25) is 0 Å². The maximum atomic E-state index is 9.91. The molecule has 1 aliphatic rings. The first kappa shape index (κ1) is 13.6. The molecule has 1 aromatic rings. The van der Waals surface area contributed by atoms with Crippen LogP contribution in [0.5, 0.6) is 0 Å². The van der Waals surface area contributed by atoms with Gasteiger partial charge in [-0.1, -0.05) is 19.8 Å². The molecule has 1 aliphatic carbocycles. The van der Waals surface area contributed by atoms with Crippen molar-refractivity contribution in [3.8, 4) is 0 Å². The van der Waals surface area contributed by atoms with Crippen LogP contribution in [0.25, 0.3) is 0 Å². The van der Waals surface area contributed by atoms with Crippen molar-refractivity contribution in [1.82, 2.24) is 14.9 Å². The molecule has 18 heavy (non-hydrogen) atoms. The molecule has 0 bridgehead atoms. The van der Waals surface area contributed by atoms with Crippen LogP contribution in [0.4, 0.5) is 0 Å². The molecule has 0 aromatic carbocycles. The first-order valence-corrected chi connectivity index (χ1v) is 7.19. The van der Waals surface area contributed by atoms with E-state index in [2.05, 4.69) is 21.8 Å². The van der Waals surface area contributed by atoms with Crippen molar-refractivity contribution in [3.63, 3.8) is 0 Å². The number of nitrogens with zero attached hydrogens (tertiary/aromatic N) is 2. The van der Waals surface area contributed by atoms with E-state index in [0.29, 0.717) is 5.92 Å². The third-order valence-corrected chi connectivity index (χ3v) is 3.84. The van der Waals surface area contributed by atoms with Gasteiger partial charge in [0.15, 0.2) is 0 Å². The van der Waals surface area contributed by atoms with Crippen molar-refractivity contribution in [1.29, 1.82) is 0 Å². The average molecular weight is 251 g/mol. The van der Waals surface area contributed by atoms with Gasteiger partial charge in [-0.3, -0.25) is 0 Å². The van der Waals surface area contributed by atoms with Crippen LogP contribution in [0.15, 0.2) is 12.5 Å². The minimum Gasteiger partial charge on any atom is -0.393 e. The van der Waals surface area contributed by atoms with Gasteiger partial charge in [0.1, 0.15) is 0 Å². The minimum absolute atomic E-state index is 0.105. The Balaban J connectivity index is 1.75. The van der Waals surface area contributed by atoms with Crippen LogP contribution in [0.2, 0.25) is 0 Å². The second-order valence-corrected chi connectivity index (χ2v) is 5.32. The Kier molecular flexibility index (Phi) is 5.20. The van der Waals surface area contributed by atoms with Crippen LogP contribution >= 0.6 is 0 Å². The predicted octanol–water partition coefficient (Wildman–Crippen LogP) is 1.93. The fraction of sp³-hybridized carbons (Fsp3) is 0.786. The number of aliphatic hydroxyl groups is 1. The zero-order valence-corrected chi connectivity index (χ0v) is 11.3. The standard InChI is InChI=1S/C14H25N3O/c1-2-7-17-11-16-10-13(17)9-15-8-12-5-3-4-6-14(12)18/h10-12,14-15,18H,2-9H2,1H3. The maximum Gasteiger partial charge on any atom is 0.0948 e. The van der Waals surface area contributed by atoms with Gasteiger partial charge in [0, 0.05) is 25.8 Å². The molecule has 0 saturated heterocycles. The summed E-state index contributed by atoms with van der Waals surface area (Å²) >= 11 is 0.